The molecular weight excluding hydrogens is 394 g/mol. The van der Waals surface area contributed by atoms with Crippen molar-refractivity contribution in [1.82, 2.24) is 10.4 Å². The van der Waals surface area contributed by atoms with Gasteiger partial charge in [-0.3, -0.25) is 5.01 Å². The van der Waals surface area contributed by atoms with Crippen molar-refractivity contribution in [3.8, 4) is 0 Å². The van der Waals surface area contributed by atoms with Gasteiger partial charge in [-0.1, -0.05) is 0 Å². The number of rotatable bonds is 1. The SMILES string of the molecule is C[C@H]1CN(c2ccc(C(F)(F)F)cc2)C=C2C(I)=CNN21. The van der Waals surface area contributed by atoms with Gasteiger partial charge in [0.15, 0.2) is 0 Å². The fourth-order valence-electron chi connectivity index (χ4n) is 2.46. The van der Waals surface area contributed by atoms with Gasteiger partial charge in [0.25, 0.3) is 0 Å². The topological polar surface area (TPSA) is 18.5 Å². The molecule has 0 radical (unpaired) electrons. The van der Waals surface area contributed by atoms with Crippen LogP contribution >= 0.6 is 22.6 Å². The van der Waals surface area contributed by atoms with E-state index < -0.39 is 11.7 Å². The molecule has 1 N–H and O–H groups in total. The van der Waals surface area contributed by atoms with Crippen molar-refractivity contribution >= 4 is 28.3 Å². The number of alkyl halides is 3. The van der Waals surface area contributed by atoms with Gasteiger partial charge in [-0.15, -0.1) is 0 Å². The molecule has 0 aliphatic carbocycles. The fourth-order valence-corrected chi connectivity index (χ4v) is 3.00. The Balaban J connectivity index is 1.89. The molecule has 2 heterocycles. The minimum atomic E-state index is -4.30. The zero-order chi connectivity index (χ0) is 15.2. The summed E-state index contributed by atoms with van der Waals surface area (Å²) in [5.41, 5.74) is 4.36. The molecule has 1 aromatic carbocycles. The smallest absolute Gasteiger partial charge is 0.344 e. The molecule has 7 heteroatoms. The molecule has 0 amide bonds. The highest BCUT2D eigenvalue weighted by molar-refractivity contribution is 14.1. The Morgan fingerprint density at radius 2 is 1.90 bits per heavy atom. The number of hydrogen-bond donors (Lipinski definition) is 1. The number of fused-ring (bicyclic) bond motifs is 1. The lowest BCUT2D eigenvalue weighted by atomic mass is 10.1. The number of allylic oxidation sites excluding steroid dienone is 1. The van der Waals surface area contributed by atoms with E-state index in [1.54, 1.807) is 0 Å². The molecule has 2 aliphatic rings. The van der Waals surface area contributed by atoms with Crippen LogP contribution < -0.4 is 10.3 Å². The number of hydrogen-bond acceptors (Lipinski definition) is 3. The van der Waals surface area contributed by atoms with E-state index in [2.05, 4.69) is 39.9 Å². The first-order valence-corrected chi connectivity index (χ1v) is 7.51. The van der Waals surface area contributed by atoms with Gasteiger partial charge in [0.1, 0.15) is 0 Å². The van der Waals surface area contributed by atoms with Crippen LogP contribution in [0.15, 0.2) is 45.9 Å². The van der Waals surface area contributed by atoms with Crippen LogP contribution in [0.25, 0.3) is 0 Å². The van der Waals surface area contributed by atoms with Gasteiger partial charge in [0.2, 0.25) is 0 Å². The van der Waals surface area contributed by atoms with Crippen molar-refractivity contribution in [2.24, 2.45) is 0 Å². The molecule has 0 saturated carbocycles. The predicted molar refractivity (Wildman–Crippen MR) is 83.4 cm³/mol. The van der Waals surface area contributed by atoms with Crippen LogP contribution in [0.2, 0.25) is 0 Å². The molecule has 3 rings (SSSR count). The van der Waals surface area contributed by atoms with Crippen LogP contribution in [0.3, 0.4) is 0 Å². The first-order valence-electron chi connectivity index (χ1n) is 6.43. The number of benzene rings is 1. The Bertz CT molecular complexity index is 607. The van der Waals surface area contributed by atoms with E-state index in [1.165, 1.54) is 12.1 Å². The Morgan fingerprint density at radius 1 is 1.24 bits per heavy atom. The lowest BCUT2D eigenvalue weighted by Gasteiger charge is -2.38. The molecule has 0 spiro atoms. The minimum absolute atomic E-state index is 0.218. The Hall–Kier alpha value is -1.38. The quantitative estimate of drug-likeness (QED) is 0.714. The summed E-state index contributed by atoms with van der Waals surface area (Å²) >= 11 is 2.23. The van der Waals surface area contributed by atoms with Gasteiger partial charge < -0.3 is 10.3 Å². The van der Waals surface area contributed by atoms with Crippen molar-refractivity contribution in [3.05, 3.63) is 51.5 Å². The Morgan fingerprint density at radius 3 is 2.52 bits per heavy atom. The van der Waals surface area contributed by atoms with Gasteiger partial charge in [-0.25, -0.2) is 0 Å². The maximum Gasteiger partial charge on any atom is 0.416 e. The highest BCUT2D eigenvalue weighted by Crippen LogP contribution is 2.34. The molecule has 1 aromatic rings. The standard InChI is InChI=1S/C14H13F3IN3/c1-9-7-20(8-13-12(18)6-19-21(9)13)11-4-2-10(3-5-11)14(15,16)17/h2-6,8-9,19H,7H2,1H3/t9-/m0/s1. The second-order valence-electron chi connectivity index (χ2n) is 5.05. The minimum Gasteiger partial charge on any atom is -0.344 e. The summed E-state index contributed by atoms with van der Waals surface area (Å²) in [6.45, 7) is 2.78. The van der Waals surface area contributed by atoms with E-state index in [9.17, 15) is 13.2 Å². The van der Waals surface area contributed by atoms with Crippen LogP contribution in [0.4, 0.5) is 18.9 Å². The number of nitrogens with one attached hydrogen (secondary N) is 1. The third kappa shape index (κ3) is 2.70. The van der Waals surface area contributed by atoms with Crippen LogP contribution in [0, 0.1) is 0 Å². The van der Waals surface area contributed by atoms with Crippen molar-refractivity contribution in [2.45, 2.75) is 19.1 Å². The van der Waals surface area contributed by atoms with Crippen LogP contribution in [0.1, 0.15) is 12.5 Å². The molecule has 21 heavy (non-hydrogen) atoms. The summed E-state index contributed by atoms with van der Waals surface area (Å²) in [5, 5.41) is 2.06. The molecule has 1 atom stereocenters. The zero-order valence-electron chi connectivity index (χ0n) is 11.2. The summed E-state index contributed by atoms with van der Waals surface area (Å²) in [7, 11) is 0. The third-order valence-corrected chi connectivity index (χ3v) is 4.40. The molecule has 112 valence electrons. The van der Waals surface area contributed by atoms with E-state index in [4.69, 9.17) is 0 Å². The fraction of sp³-hybridized carbons (Fsp3) is 0.286. The molecule has 0 bridgehead atoms. The predicted octanol–water partition coefficient (Wildman–Crippen LogP) is 3.85. The van der Waals surface area contributed by atoms with Crippen molar-refractivity contribution < 1.29 is 13.2 Å². The van der Waals surface area contributed by atoms with Crippen molar-refractivity contribution in [1.29, 1.82) is 0 Å². The van der Waals surface area contributed by atoms with Gasteiger partial charge in [0.05, 0.1) is 20.9 Å². The normalized spacial score (nSPS) is 21.7. The van der Waals surface area contributed by atoms with E-state index in [1.807, 2.05) is 17.3 Å². The number of anilines is 1. The zero-order valence-corrected chi connectivity index (χ0v) is 13.3. The first kappa shape index (κ1) is 14.6. The maximum absolute atomic E-state index is 12.6. The van der Waals surface area contributed by atoms with E-state index in [-0.39, 0.29) is 6.04 Å². The third-order valence-electron chi connectivity index (χ3n) is 3.54. The van der Waals surface area contributed by atoms with Crippen LogP contribution in [0.5, 0.6) is 0 Å². The lowest BCUT2D eigenvalue weighted by Crippen LogP contribution is -2.47. The first-order chi connectivity index (χ1) is 9.86. The summed E-state index contributed by atoms with van der Waals surface area (Å²) in [6.07, 6.45) is -0.420. The van der Waals surface area contributed by atoms with Crippen molar-refractivity contribution in [3.63, 3.8) is 0 Å². The van der Waals surface area contributed by atoms with Crippen molar-refractivity contribution in [2.75, 3.05) is 11.4 Å². The summed E-state index contributed by atoms with van der Waals surface area (Å²) in [5.74, 6) is 0. The highest BCUT2D eigenvalue weighted by Gasteiger charge is 2.32. The van der Waals surface area contributed by atoms with E-state index in [0.29, 0.717) is 6.54 Å². The van der Waals surface area contributed by atoms with Gasteiger partial charge in [0, 0.05) is 24.6 Å². The van der Waals surface area contributed by atoms with E-state index >= 15 is 0 Å². The van der Waals surface area contributed by atoms with Crippen LogP contribution in [-0.4, -0.2) is 17.6 Å². The maximum atomic E-state index is 12.6. The summed E-state index contributed by atoms with van der Waals surface area (Å²) < 4.78 is 38.9. The van der Waals surface area contributed by atoms with Gasteiger partial charge in [-0.05, 0) is 53.8 Å². The monoisotopic (exact) mass is 407 g/mol. The number of halogens is 4. The summed E-state index contributed by atoms with van der Waals surface area (Å²) in [6, 6.07) is 5.50. The second kappa shape index (κ2) is 5.11. The molecule has 3 nitrogen and oxygen atoms in total. The van der Waals surface area contributed by atoms with E-state index in [0.717, 1.165) is 27.1 Å². The Labute approximate surface area is 134 Å². The largest absolute Gasteiger partial charge is 0.416 e. The molecular formula is C14H13F3IN3. The average Bonchev–Trinajstić information content (AvgIpc) is 2.80. The number of hydrazine groups is 1. The molecule has 0 unspecified atom stereocenters. The molecule has 0 fully saturated rings. The second-order valence-corrected chi connectivity index (χ2v) is 6.21. The van der Waals surface area contributed by atoms with Crippen LogP contribution in [-0.2, 0) is 6.18 Å². The average molecular weight is 407 g/mol. The number of nitrogens with zero attached hydrogens (tertiary/aromatic N) is 2. The summed E-state index contributed by atoms with van der Waals surface area (Å²) in [4.78, 5) is 1.98. The molecule has 2 aliphatic heterocycles. The lowest BCUT2D eigenvalue weighted by molar-refractivity contribution is -0.137. The van der Waals surface area contributed by atoms with Gasteiger partial charge in [-0.2, -0.15) is 13.2 Å². The molecule has 0 aromatic heterocycles. The Kier molecular flexibility index (Phi) is 3.54. The highest BCUT2D eigenvalue weighted by atomic mass is 127. The molecule has 0 saturated heterocycles. The van der Waals surface area contributed by atoms with Gasteiger partial charge >= 0.3 is 6.18 Å².